The Morgan fingerprint density at radius 2 is 1.38 bits per heavy atom. The molecule has 4 heteroatoms. The smallest absolute Gasteiger partial charge is 0.168 e. The normalized spacial score (nSPS) is 14.8. The van der Waals surface area contributed by atoms with Crippen LogP contribution >= 0.6 is 0 Å². The molecule has 0 aliphatic carbocycles. The Labute approximate surface area is 151 Å². The summed E-state index contributed by atoms with van der Waals surface area (Å²) in [4.78, 5) is 0. The van der Waals surface area contributed by atoms with Gasteiger partial charge in [0.1, 0.15) is 0 Å². The zero-order valence-corrected chi connectivity index (χ0v) is 16.8. The fourth-order valence-corrected chi connectivity index (χ4v) is 3.86. The fraction of sp³-hybridized carbons (Fsp3) is 1.00. The van der Waals surface area contributed by atoms with Crippen LogP contribution in [0.1, 0.15) is 85.5 Å². The molecule has 2 unspecified atom stereocenters. The first-order valence-corrected chi connectivity index (χ1v) is 10.3. The third-order valence-electron chi connectivity index (χ3n) is 5.04. The van der Waals surface area contributed by atoms with Crippen LogP contribution in [0.4, 0.5) is 0 Å². The van der Waals surface area contributed by atoms with Crippen molar-refractivity contribution in [3.63, 3.8) is 0 Å². The van der Waals surface area contributed by atoms with Crippen LogP contribution < -0.4 is 11.5 Å². The molecule has 0 aliphatic heterocycles. The highest BCUT2D eigenvalue weighted by Crippen LogP contribution is 2.38. The summed E-state index contributed by atoms with van der Waals surface area (Å²) in [6, 6.07) is 0. The Morgan fingerprint density at radius 3 is 1.88 bits per heavy atom. The SMILES string of the molecule is CCCCCCCC(CCN)C(CCCN)C(C)(OCC)OCC. The van der Waals surface area contributed by atoms with Gasteiger partial charge in [0.25, 0.3) is 0 Å². The lowest BCUT2D eigenvalue weighted by Crippen LogP contribution is -2.45. The van der Waals surface area contributed by atoms with Gasteiger partial charge in [-0.05, 0) is 65.5 Å². The van der Waals surface area contributed by atoms with Crippen molar-refractivity contribution >= 4 is 0 Å². The van der Waals surface area contributed by atoms with Crippen LogP contribution in [0.2, 0.25) is 0 Å². The summed E-state index contributed by atoms with van der Waals surface area (Å²) in [5.41, 5.74) is 11.7. The molecule has 0 aromatic carbocycles. The van der Waals surface area contributed by atoms with E-state index in [-0.39, 0.29) is 0 Å². The molecule has 0 heterocycles. The highest BCUT2D eigenvalue weighted by molar-refractivity contribution is 4.83. The van der Waals surface area contributed by atoms with Gasteiger partial charge in [-0.1, -0.05) is 39.0 Å². The third-order valence-corrected chi connectivity index (χ3v) is 5.04. The van der Waals surface area contributed by atoms with E-state index in [1.54, 1.807) is 0 Å². The van der Waals surface area contributed by atoms with Crippen molar-refractivity contribution in [3.05, 3.63) is 0 Å². The van der Waals surface area contributed by atoms with Crippen molar-refractivity contribution in [1.82, 2.24) is 0 Å². The molecular weight excluding hydrogens is 300 g/mol. The molecule has 4 nitrogen and oxygen atoms in total. The predicted molar refractivity (Wildman–Crippen MR) is 104 cm³/mol. The number of rotatable bonds is 17. The van der Waals surface area contributed by atoms with Crippen LogP contribution in [0, 0.1) is 11.8 Å². The van der Waals surface area contributed by atoms with Gasteiger partial charge in [-0.3, -0.25) is 0 Å². The Balaban J connectivity index is 4.98. The van der Waals surface area contributed by atoms with E-state index in [0.717, 1.165) is 32.4 Å². The number of nitrogens with two attached hydrogens (primary N) is 2. The Morgan fingerprint density at radius 1 is 0.750 bits per heavy atom. The second kappa shape index (κ2) is 15.1. The standard InChI is InChI=1S/C20H44N2O2/c1-5-8-9-10-11-13-18(15-17-22)19(14-12-16-21)20(4,23-6-2)24-7-3/h18-19H,5-17,21-22H2,1-4H3. The van der Waals surface area contributed by atoms with E-state index in [2.05, 4.69) is 13.8 Å². The summed E-state index contributed by atoms with van der Waals surface area (Å²) in [7, 11) is 0. The zero-order chi connectivity index (χ0) is 18.3. The Hall–Kier alpha value is -0.160. The van der Waals surface area contributed by atoms with E-state index in [4.69, 9.17) is 20.9 Å². The van der Waals surface area contributed by atoms with Gasteiger partial charge in [0.2, 0.25) is 0 Å². The van der Waals surface area contributed by atoms with Gasteiger partial charge in [0, 0.05) is 19.1 Å². The van der Waals surface area contributed by atoms with Crippen LogP contribution in [-0.2, 0) is 9.47 Å². The Bertz CT molecular complexity index is 268. The minimum Gasteiger partial charge on any atom is -0.350 e. The van der Waals surface area contributed by atoms with E-state index in [1.165, 1.54) is 38.5 Å². The first-order chi connectivity index (χ1) is 11.6. The molecule has 2 atom stereocenters. The molecule has 0 amide bonds. The maximum absolute atomic E-state index is 6.10. The molecule has 0 bridgehead atoms. The van der Waals surface area contributed by atoms with Gasteiger partial charge < -0.3 is 20.9 Å². The number of unbranched alkanes of at least 4 members (excludes halogenated alkanes) is 4. The van der Waals surface area contributed by atoms with Crippen LogP contribution in [0.15, 0.2) is 0 Å². The van der Waals surface area contributed by atoms with Gasteiger partial charge >= 0.3 is 0 Å². The van der Waals surface area contributed by atoms with Gasteiger partial charge in [0.15, 0.2) is 5.79 Å². The molecule has 0 aliphatic rings. The van der Waals surface area contributed by atoms with Crippen LogP contribution in [0.3, 0.4) is 0 Å². The molecule has 0 fully saturated rings. The fourth-order valence-electron chi connectivity index (χ4n) is 3.86. The third kappa shape index (κ3) is 9.36. The average Bonchev–Trinajstić information content (AvgIpc) is 2.55. The summed E-state index contributed by atoms with van der Waals surface area (Å²) < 4.78 is 12.2. The largest absolute Gasteiger partial charge is 0.350 e. The van der Waals surface area contributed by atoms with Crippen molar-refractivity contribution in [2.24, 2.45) is 23.3 Å². The van der Waals surface area contributed by atoms with E-state index in [9.17, 15) is 0 Å². The minimum atomic E-state index is -0.526. The summed E-state index contributed by atoms with van der Waals surface area (Å²) >= 11 is 0. The highest BCUT2D eigenvalue weighted by Gasteiger charge is 2.39. The lowest BCUT2D eigenvalue weighted by molar-refractivity contribution is -0.263. The molecule has 0 spiro atoms. The maximum Gasteiger partial charge on any atom is 0.168 e. The number of hydrogen-bond donors (Lipinski definition) is 2. The molecule has 0 aromatic heterocycles. The van der Waals surface area contributed by atoms with E-state index >= 15 is 0 Å². The molecule has 0 aromatic rings. The molecule has 0 radical (unpaired) electrons. The second-order valence-corrected chi connectivity index (χ2v) is 6.96. The van der Waals surface area contributed by atoms with Gasteiger partial charge in [-0.25, -0.2) is 0 Å². The lowest BCUT2D eigenvalue weighted by Gasteiger charge is -2.41. The molecule has 4 N–H and O–H groups in total. The molecular formula is C20H44N2O2. The van der Waals surface area contributed by atoms with Crippen molar-refractivity contribution in [1.29, 1.82) is 0 Å². The van der Waals surface area contributed by atoms with Crippen LogP contribution in [-0.4, -0.2) is 32.1 Å². The summed E-state index contributed by atoms with van der Waals surface area (Å²) in [5.74, 6) is 0.379. The van der Waals surface area contributed by atoms with Gasteiger partial charge in [-0.2, -0.15) is 0 Å². The molecule has 0 rings (SSSR count). The lowest BCUT2D eigenvalue weighted by atomic mass is 9.77. The minimum absolute atomic E-state index is 0.357. The number of hydrogen-bond acceptors (Lipinski definition) is 4. The van der Waals surface area contributed by atoms with E-state index < -0.39 is 5.79 Å². The van der Waals surface area contributed by atoms with Crippen molar-refractivity contribution < 1.29 is 9.47 Å². The second-order valence-electron chi connectivity index (χ2n) is 6.96. The first-order valence-electron chi connectivity index (χ1n) is 10.3. The predicted octanol–water partition coefficient (Wildman–Crippen LogP) is 4.46. The zero-order valence-electron chi connectivity index (χ0n) is 16.8. The maximum atomic E-state index is 6.10. The van der Waals surface area contributed by atoms with Crippen molar-refractivity contribution in [3.8, 4) is 0 Å². The molecule has 0 saturated carbocycles. The molecule has 0 saturated heterocycles. The number of ether oxygens (including phenoxy) is 2. The molecule has 146 valence electrons. The monoisotopic (exact) mass is 344 g/mol. The van der Waals surface area contributed by atoms with E-state index in [1.807, 2.05) is 13.8 Å². The average molecular weight is 345 g/mol. The first kappa shape index (κ1) is 23.8. The topological polar surface area (TPSA) is 70.5 Å². The van der Waals surface area contributed by atoms with Crippen molar-refractivity contribution in [2.45, 2.75) is 91.3 Å². The summed E-state index contributed by atoms with van der Waals surface area (Å²) in [6.45, 7) is 11.2. The van der Waals surface area contributed by atoms with Crippen molar-refractivity contribution in [2.75, 3.05) is 26.3 Å². The van der Waals surface area contributed by atoms with Gasteiger partial charge in [0.05, 0.1) is 0 Å². The Kier molecular flexibility index (Phi) is 15.0. The summed E-state index contributed by atoms with van der Waals surface area (Å²) in [6.07, 6.45) is 10.9. The quantitative estimate of drug-likeness (QED) is 0.302. The van der Waals surface area contributed by atoms with E-state index in [0.29, 0.717) is 25.0 Å². The molecule has 24 heavy (non-hydrogen) atoms. The summed E-state index contributed by atoms with van der Waals surface area (Å²) in [5, 5.41) is 0. The van der Waals surface area contributed by atoms with Crippen LogP contribution in [0.5, 0.6) is 0 Å². The highest BCUT2D eigenvalue weighted by atomic mass is 16.7. The van der Waals surface area contributed by atoms with Gasteiger partial charge in [-0.15, -0.1) is 0 Å². The van der Waals surface area contributed by atoms with Crippen LogP contribution in [0.25, 0.3) is 0 Å².